The maximum atomic E-state index is 9.63. The lowest BCUT2D eigenvalue weighted by atomic mass is 10.1. The van der Waals surface area contributed by atoms with Gasteiger partial charge < -0.3 is 15.3 Å². The number of nitrogens with zero attached hydrogens (tertiary/aromatic N) is 4. The van der Waals surface area contributed by atoms with E-state index >= 15 is 0 Å². The normalized spacial score (nSPS) is 16.5. The maximum Gasteiger partial charge on any atom is 0.229 e. The first-order valence-electron chi connectivity index (χ1n) is 9.17. The first-order chi connectivity index (χ1) is 12.6. The van der Waals surface area contributed by atoms with Crippen LogP contribution in [-0.2, 0) is 6.42 Å². The molecule has 6 heteroatoms. The molecule has 1 atom stereocenters. The van der Waals surface area contributed by atoms with Gasteiger partial charge in [-0.25, -0.2) is 4.98 Å². The van der Waals surface area contributed by atoms with Gasteiger partial charge >= 0.3 is 0 Å². The Morgan fingerprint density at radius 1 is 1.35 bits per heavy atom. The molecule has 6 nitrogen and oxygen atoms in total. The number of benzene rings is 1. The van der Waals surface area contributed by atoms with Gasteiger partial charge in [0.1, 0.15) is 5.82 Å². The highest BCUT2D eigenvalue weighted by Gasteiger charge is 2.25. The minimum atomic E-state index is 0.122. The minimum absolute atomic E-state index is 0.122. The van der Waals surface area contributed by atoms with E-state index < -0.39 is 0 Å². The first kappa shape index (κ1) is 18.2. The molecule has 3 rings (SSSR count). The molecule has 136 valence electrons. The van der Waals surface area contributed by atoms with Gasteiger partial charge in [-0.05, 0) is 43.9 Å². The number of hydrogen-bond donors (Lipinski definition) is 2. The molecule has 0 aliphatic carbocycles. The third-order valence-electron chi connectivity index (χ3n) is 4.77. The van der Waals surface area contributed by atoms with E-state index in [1.54, 1.807) is 0 Å². The van der Waals surface area contributed by atoms with Crippen molar-refractivity contribution < 1.29 is 5.11 Å². The van der Waals surface area contributed by atoms with E-state index in [1.807, 2.05) is 31.2 Å². The van der Waals surface area contributed by atoms with Crippen molar-refractivity contribution in [3.05, 3.63) is 41.1 Å². The van der Waals surface area contributed by atoms with Gasteiger partial charge in [0.05, 0.1) is 24.3 Å². The molecule has 0 spiro atoms. The van der Waals surface area contributed by atoms with Gasteiger partial charge in [-0.2, -0.15) is 10.2 Å². The molecule has 1 aromatic heterocycles. The second kappa shape index (κ2) is 8.15. The number of rotatable bonds is 6. The van der Waals surface area contributed by atoms with Gasteiger partial charge in [-0.3, -0.25) is 0 Å². The molecule has 0 radical (unpaired) electrons. The number of aliphatic hydroxyl groups excluding tert-OH is 1. The molecular formula is C20H25N5O. The van der Waals surface area contributed by atoms with Crippen LogP contribution in [0.2, 0.25) is 0 Å². The summed E-state index contributed by atoms with van der Waals surface area (Å²) in [5.74, 6) is 1.39. The Kier molecular flexibility index (Phi) is 5.69. The van der Waals surface area contributed by atoms with Crippen LogP contribution in [0.3, 0.4) is 0 Å². The fourth-order valence-electron chi connectivity index (χ4n) is 3.35. The van der Waals surface area contributed by atoms with E-state index in [0.717, 1.165) is 55.0 Å². The summed E-state index contributed by atoms with van der Waals surface area (Å²) >= 11 is 0. The molecule has 1 aromatic carbocycles. The summed E-state index contributed by atoms with van der Waals surface area (Å²) in [4.78, 5) is 11.5. The lowest BCUT2D eigenvalue weighted by molar-refractivity contribution is 0.266. The minimum Gasteiger partial charge on any atom is -0.394 e. The number of anilines is 3. The van der Waals surface area contributed by atoms with Crippen LogP contribution < -0.4 is 10.2 Å². The predicted octanol–water partition coefficient (Wildman–Crippen LogP) is 3.31. The highest BCUT2D eigenvalue weighted by molar-refractivity contribution is 5.59. The van der Waals surface area contributed by atoms with Crippen molar-refractivity contribution in [2.24, 2.45) is 0 Å². The van der Waals surface area contributed by atoms with Crippen LogP contribution in [0.4, 0.5) is 17.5 Å². The Bertz CT molecular complexity index is 814. The van der Waals surface area contributed by atoms with Crippen LogP contribution in [0.1, 0.15) is 43.0 Å². The zero-order valence-electron chi connectivity index (χ0n) is 15.4. The summed E-state index contributed by atoms with van der Waals surface area (Å²) in [6.07, 6.45) is 3.92. The number of hydrogen-bond acceptors (Lipinski definition) is 6. The van der Waals surface area contributed by atoms with E-state index in [-0.39, 0.29) is 12.6 Å². The summed E-state index contributed by atoms with van der Waals surface area (Å²) in [6.45, 7) is 5.08. The number of nitriles is 1. The van der Waals surface area contributed by atoms with Gasteiger partial charge in [0.15, 0.2) is 0 Å². The van der Waals surface area contributed by atoms with Crippen molar-refractivity contribution in [3.8, 4) is 6.07 Å². The number of aryl methyl sites for hydroxylation is 2. The molecule has 26 heavy (non-hydrogen) atoms. The Balaban J connectivity index is 1.92. The summed E-state index contributed by atoms with van der Waals surface area (Å²) in [6, 6.07) is 10.0. The van der Waals surface area contributed by atoms with Crippen molar-refractivity contribution in [1.29, 1.82) is 5.26 Å². The third-order valence-corrected chi connectivity index (χ3v) is 4.77. The largest absolute Gasteiger partial charge is 0.394 e. The SMILES string of the molecule is CCCc1cc(N2CCCC2CO)nc(Nc2ccc(C)c(C#N)c2)n1. The predicted molar refractivity (Wildman–Crippen MR) is 103 cm³/mol. The second-order valence-corrected chi connectivity index (χ2v) is 6.73. The first-order valence-corrected chi connectivity index (χ1v) is 9.17. The van der Waals surface area contributed by atoms with Gasteiger partial charge in [0.2, 0.25) is 5.95 Å². The van der Waals surface area contributed by atoms with E-state index in [2.05, 4.69) is 33.2 Å². The van der Waals surface area contributed by atoms with E-state index in [4.69, 9.17) is 0 Å². The highest BCUT2D eigenvalue weighted by atomic mass is 16.3. The molecule has 2 aromatic rings. The standard InChI is InChI=1S/C20H25N5O/c1-3-5-16-11-19(25-9-4-6-18(25)13-26)24-20(22-16)23-17-8-7-14(2)15(10-17)12-21/h7-8,10-11,18,26H,3-6,9,13H2,1-2H3,(H,22,23,24). The third kappa shape index (κ3) is 3.94. The summed E-state index contributed by atoms with van der Waals surface area (Å²) in [5, 5.41) is 22.1. The zero-order chi connectivity index (χ0) is 18.5. The van der Waals surface area contributed by atoms with Crippen molar-refractivity contribution in [2.75, 3.05) is 23.4 Å². The van der Waals surface area contributed by atoms with Gasteiger partial charge in [-0.15, -0.1) is 0 Å². The molecule has 0 saturated carbocycles. The van der Waals surface area contributed by atoms with Crippen LogP contribution in [0.15, 0.2) is 24.3 Å². The van der Waals surface area contributed by atoms with Gasteiger partial charge in [-0.1, -0.05) is 19.4 Å². The summed E-state index contributed by atoms with van der Waals surface area (Å²) < 4.78 is 0. The van der Waals surface area contributed by atoms with Crippen LogP contribution in [-0.4, -0.2) is 34.3 Å². The average molecular weight is 351 g/mol. The molecule has 2 heterocycles. The Labute approximate surface area is 154 Å². The van der Waals surface area contributed by atoms with Crippen LogP contribution in [0.5, 0.6) is 0 Å². The summed E-state index contributed by atoms with van der Waals surface area (Å²) in [7, 11) is 0. The van der Waals surface area contributed by atoms with E-state index in [0.29, 0.717) is 11.5 Å². The second-order valence-electron chi connectivity index (χ2n) is 6.73. The van der Waals surface area contributed by atoms with Crippen molar-refractivity contribution >= 4 is 17.5 Å². The van der Waals surface area contributed by atoms with Crippen LogP contribution in [0.25, 0.3) is 0 Å². The average Bonchev–Trinajstić information content (AvgIpc) is 3.12. The molecular weight excluding hydrogens is 326 g/mol. The van der Waals surface area contributed by atoms with Crippen molar-refractivity contribution in [1.82, 2.24) is 9.97 Å². The van der Waals surface area contributed by atoms with Crippen molar-refractivity contribution in [2.45, 2.75) is 45.6 Å². The number of nitrogens with one attached hydrogen (secondary N) is 1. The fourth-order valence-corrected chi connectivity index (χ4v) is 3.35. The smallest absolute Gasteiger partial charge is 0.229 e. The quantitative estimate of drug-likeness (QED) is 0.830. The van der Waals surface area contributed by atoms with Crippen molar-refractivity contribution in [3.63, 3.8) is 0 Å². The topological polar surface area (TPSA) is 85.1 Å². The number of aromatic nitrogens is 2. The highest BCUT2D eigenvalue weighted by Crippen LogP contribution is 2.26. The molecule has 1 aliphatic rings. The maximum absolute atomic E-state index is 9.63. The monoisotopic (exact) mass is 351 g/mol. The molecule has 2 N–H and O–H groups in total. The zero-order valence-corrected chi connectivity index (χ0v) is 15.4. The Hall–Kier alpha value is -2.65. The van der Waals surface area contributed by atoms with Gasteiger partial charge in [0.25, 0.3) is 0 Å². The Morgan fingerprint density at radius 2 is 2.19 bits per heavy atom. The number of aliphatic hydroxyl groups is 1. The molecule has 1 unspecified atom stereocenters. The molecule has 1 saturated heterocycles. The molecule has 0 amide bonds. The lowest BCUT2D eigenvalue weighted by Gasteiger charge is -2.25. The molecule has 0 bridgehead atoms. The summed E-state index contributed by atoms with van der Waals surface area (Å²) in [5.41, 5.74) is 3.37. The lowest BCUT2D eigenvalue weighted by Crippen LogP contribution is -2.33. The Morgan fingerprint density at radius 3 is 2.92 bits per heavy atom. The fraction of sp³-hybridized carbons (Fsp3) is 0.450. The van der Waals surface area contributed by atoms with Crippen LogP contribution in [0, 0.1) is 18.3 Å². The molecule has 1 fully saturated rings. The van der Waals surface area contributed by atoms with Gasteiger partial charge in [0, 0.05) is 24.0 Å². The van der Waals surface area contributed by atoms with Crippen LogP contribution >= 0.6 is 0 Å². The van der Waals surface area contributed by atoms with E-state index in [1.165, 1.54) is 0 Å². The van der Waals surface area contributed by atoms with E-state index in [9.17, 15) is 10.4 Å². The molecule has 1 aliphatic heterocycles.